The van der Waals surface area contributed by atoms with E-state index < -0.39 is 0 Å². The van der Waals surface area contributed by atoms with E-state index >= 15 is 0 Å². The standard InChI is InChI=1S/C19H28/c1-19(2,3)17-10-8-15(9-11-17)18-12-7-14-5-4-6-16(18)13-14/h8-11,14,16,18H,4-7,12-13H2,1-3H3/t14?,16-,18?/m1/s1. The minimum Gasteiger partial charge on any atom is -0.0585 e. The van der Waals surface area contributed by atoms with E-state index in [4.69, 9.17) is 0 Å². The van der Waals surface area contributed by atoms with Gasteiger partial charge in [-0.05, 0) is 60.0 Å². The van der Waals surface area contributed by atoms with Gasteiger partial charge in [0.2, 0.25) is 0 Å². The van der Waals surface area contributed by atoms with Crippen molar-refractivity contribution in [3.63, 3.8) is 0 Å². The Balaban J connectivity index is 1.78. The highest BCUT2D eigenvalue weighted by molar-refractivity contribution is 5.30. The number of hydrogen-bond acceptors (Lipinski definition) is 0. The van der Waals surface area contributed by atoms with Crippen LogP contribution in [0.4, 0.5) is 0 Å². The van der Waals surface area contributed by atoms with Gasteiger partial charge in [-0.15, -0.1) is 0 Å². The third-order valence-electron chi connectivity index (χ3n) is 5.48. The summed E-state index contributed by atoms with van der Waals surface area (Å²) in [4.78, 5) is 0. The molecule has 0 nitrogen and oxygen atoms in total. The molecule has 2 fully saturated rings. The van der Waals surface area contributed by atoms with Gasteiger partial charge in [0.1, 0.15) is 0 Å². The van der Waals surface area contributed by atoms with E-state index in [0.29, 0.717) is 0 Å². The molecule has 1 aromatic rings. The van der Waals surface area contributed by atoms with Gasteiger partial charge in [-0.3, -0.25) is 0 Å². The first kappa shape index (κ1) is 13.2. The third-order valence-corrected chi connectivity index (χ3v) is 5.48. The Morgan fingerprint density at radius 1 is 0.895 bits per heavy atom. The highest BCUT2D eigenvalue weighted by Gasteiger charge is 2.34. The predicted octanol–water partition coefficient (Wildman–Crippen LogP) is 5.67. The van der Waals surface area contributed by atoms with Crippen LogP contribution in [-0.4, -0.2) is 0 Å². The Bertz CT molecular complexity index is 420. The maximum absolute atomic E-state index is 2.42. The molecule has 0 radical (unpaired) electrons. The van der Waals surface area contributed by atoms with Crippen LogP contribution in [0.2, 0.25) is 0 Å². The number of rotatable bonds is 1. The average Bonchev–Trinajstić information content (AvgIpc) is 2.38. The minimum absolute atomic E-state index is 0.279. The third kappa shape index (κ3) is 2.73. The summed E-state index contributed by atoms with van der Waals surface area (Å²) in [5.74, 6) is 2.89. The van der Waals surface area contributed by atoms with Crippen LogP contribution in [0.1, 0.15) is 76.3 Å². The van der Waals surface area contributed by atoms with Crippen LogP contribution in [0.3, 0.4) is 0 Å². The zero-order valence-electron chi connectivity index (χ0n) is 12.8. The highest BCUT2D eigenvalue weighted by Crippen LogP contribution is 2.47. The van der Waals surface area contributed by atoms with E-state index in [-0.39, 0.29) is 5.41 Å². The van der Waals surface area contributed by atoms with Crippen LogP contribution >= 0.6 is 0 Å². The molecule has 2 bridgehead atoms. The van der Waals surface area contributed by atoms with Gasteiger partial charge in [0, 0.05) is 0 Å². The van der Waals surface area contributed by atoms with Crippen LogP contribution in [0.15, 0.2) is 24.3 Å². The Labute approximate surface area is 118 Å². The molecule has 2 aliphatic rings. The van der Waals surface area contributed by atoms with Crippen molar-refractivity contribution in [3.8, 4) is 0 Å². The summed E-state index contributed by atoms with van der Waals surface area (Å²) >= 11 is 0. The van der Waals surface area contributed by atoms with Crippen LogP contribution in [0, 0.1) is 11.8 Å². The van der Waals surface area contributed by atoms with Crippen LogP contribution in [0.5, 0.6) is 0 Å². The quantitative estimate of drug-likeness (QED) is 0.607. The maximum atomic E-state index is 2.42. The Morgan fingerprint density at radius 2 is 1.63 bits per heavy atom. The first-order chi connectivity index (χ1) is 9.04. The molecule has 3 rings (SSSR count). The van der Waals surface area contributed by atoms with Gasteiger partial charge < -0.3 is 0 Å². The van der Waals surface area contributed by atoms with E-state index in [0.717, 1.165) is 17.8 Å². The number of hydrogen-bond donors (Lipinski definition) is 0. The van der Waals surface area contributed by atoms with E-state index in [9.17, 15) is 0 Å². The SMILES string of the molecule is CC(C)(C)c1ccc(C2CCC3CCC[C@@H]2C3)cc1. The fourth-order valence-corrected chi connectivity index (χ4v) is 4.28. The molecule has 0 saturated heterocycles. The van der Waals surface area contributed by atoms with Gasteiger partial charge >= 0.3 is 0 Å². The van der Waals surface area contributed by atoms with Gasteiger partial charge in [0.25, 0.3) is 0 Å². The molecule has 1 aromatic carbocycles. The first-order valence-electron chi connectivity index (χ1n) is 8.14. The molecule has 0 amide bonds. The van der Waals surface area contributed by atoms with Crippen LogP contribution in [0.25, 0.3) is 0 Å². The summed E-state index contributed by atoms with van der Waals surface area (Å²) < 4.78 is 0. The van der Waals surface area contributed by atoms with Gasteiger partial charge in [0.05, 0.1) is 0 Å². The lowest BCUT2D eigenvalue weighted by Crippen LogP contribution is -2.27. The molecule has 0 heterocycles. The lowest BCUT2D eigenvalue weighted by atomic mass is 9.65. The molecule has 0 aliphatic heterocycles. The summed E-state index contributed by atoms with van der Waals surface area (Å²) in [6.07, 6.45) is 8.87. The van der Waals surface area contributed by atoms with Crippen molar-refractivity contribution in [3.05, 3.63) is 35.4 Å². The van der Waals surface area contributed by atoms with Gasteiger partial charge in [-0.25, -0.2) is 0 Å². The maximum Gasteiger partial charge on any atom is -0.0132 e. The van der Waals surface area contributed by atoms with Crippen molar-refractivity contribution in [2.24, 2.45) is 11.8 Å². The molecule has 2 aliphatic carbocycles. The number of benzene rings is 1. The molecule has 2 unspecified atom stereocenters. The normalized spacial score (nSPS) is 31.2. The molecule has 0 spiro atoms. The second kappa shape index (κ2) is 4.96. The van der Waals surface area contributed by atoms with Crippen molar-refractivity contribution in [1.82, 2.24) is 0 Å². The van der Waals surface area contributed by atoms with Gasteiger partial charge in [-0.1, -0.05) is 57.9 Å². The fourth-order valence-electron chi connectivity index (χ4n) is 4.28. The van der Waals surface area contributed by atoms with Crippen molar-refractivity contribution in [2.75, 3.05) is 0 Å². The topological polar surface area (TPSA) is 0 Å². The zero-order valence-corrected chi connectivity index (χ0v) is 12.8. The zero-order chi connectivity index (χ0) is 13.5. The largest absolute Gasteiger partial charge is 0.0585 e. The van der Waals surface area contributed by atoms with Crippen molar-refractivity contribution in [1.29, 1.82) is 0 Å². The minimum atomic E-state index is 0.279. The summed E-state index contributed by atoms with van der Waals surface area (Å²) in [5, 5.41) is 0. The smallest absolute Gasteiger partial charge is 0.0132 e. The second-order valence-electron chi connectivity index (χ2n) is 7.85. The Kier molecular flexibility index (Phi) is 3.45. The van der Waals surface area contributed by atoms with Gasteiger partial charge in [0.15, 0.2) is 0 Å². The molecular weight excluding hydrogens is 228 g/mol. The van der Waals surface area contributed by atoms with Crippen molar-refractivity contribution < 1.29 is 0 Å². The van der Waals surface area contributed by atoms with Crippen molar-refractivity contribution >= 4 is 0 Å². The summed E-state index contributed by atoms with van der Waals surface area (Å²) in [6, 6.07) is 9.56. The van der Waals surface area contributed by atoms with E-state index in [1.54, 1.807) is 5.56 Å². The predicted molar refractivity (Wildman–Crippen MR) is 82.6 cm³/mol. The lowest BCUT2D eigenvalue weighted by molar-refractivity contribution is 0.163. The number of fused-ring (bicyclic) bond motifs is 2. The summed E-state index contributed by atoms with van der Waals surface area (Å²) in [6.45, 7) is 6.90. The van der Waals surface area contributed by atoms with E-state index in [1.165, 1.54) is 44.1 Å². The summed E-state index contributed by atoms with van der Waals surface area (Å²) in [5.41, 5.74) is 3.35. The van der Waals surface area contributed by atoms with E-state index in [2.05, 4.69) is 45.0 Å². The first-order valence-corrected chi connectivity index (χ1v) is 8.14. The lowest BCUT2D eigenvalue weighted by Gasteiger charge is -2.40. The van der Waals surface area contributed by atoms with Crippen LogP contribution < -0.4 is 0 Å². The van der Waals surface area contributed by atoms with E-state index in [1.807, 2.05) is 0 Å². The molecular formula is C19H28. The van der Waals surface area contributed by atoms with Crippen molar-refractivity contribution in [2.45, 2.75) is 70.6 Å². The van der Waals surface area contributed by atoms with Crippen LogP contribution in [-0.2, 0) is 5.41 Å². The average molecular weight is 256 g/mol. The summed E-state index contributed by atoms with van der Waals surface area (Å²) in [7, 11) is 0. The molecule has 0 aromatic heterocycles. The Hall–Kier alpha value is -0.780. The molecule has 19 heavy (non-hydrogen) atoms. The molecule has 0 heteroatoms. The molecule has 2 saturated carbocycles. The monoisotopic (exact) mass is 256 g/mol. The second-order valence-corrected chi connectivity index (χ2v) is 7.85. The molecule has 0 N–H and O–H groups in total. The highest BCUT2D eigenvalue weighted by atomic mass is 14.4. The molecule has 3 atom stereocenters. The molecule has 104 valence electrons. The Morgan fingerprint density at radius 3 is 2.32 bits per heavy atom. The van der Waals surface area contributed by atoms with Gasteiger partial charge in [-0.2, -0.15) is 0 Å². The fraction of sp³-hybridized carbons (Fsp3) is 0.684.